The highest BCUT2D eigenvalue weighted by Crippen LogP contribution is 2.24. The van der Waals surface area contributed by atoms with Crippen molar-refractivity contribution < 1.29 is 9.69 Å². The van der Waals surface area contributed by atoms with Crippen molar-refractivity contribution in [3.8, 4) is 0 Å². The second-order valence-corrected chi connectivity index (χ2v) is 6.77. The van der Waals surface area contributed by atoms with E-state index in [9.17, 15) is 4.79 Å². The number of quaternary nitrogens is 1. The number of hydrogen-bond acceptors (Lipinski definition) is 2. The Morgan fingerprint density at radius 3 is 2.48 bits per heavy atom. The smallest absolute Gasteiger partial charge is 0.282 e. The van der Waals surface area contributed by atoms with E-state index in [1.807, 2.05) is 37.4 Å². The molecule has 0 fully saturated rings. The van der Waals surface area contributed by atoms with Crippen LogP contribution in [-0.2, 0) is 11.3 Å². The third-order valence-corrected chi connectivity index (χ3v) is 4.90. The zero-order chi connectivity index (χ0) is 16.8. The van der Waals surface area contributed by atoms with Gasteiger partial charge in [0.2, 0.25) is 0 Å². The van der Waals surface area contributed by atoms with Crippen LogP contribution in [0.1, 0.15) is 18.1 Å². The van der Waals surface area contributed by atoms with Crippen molar-refractivity contribution in [1.29, 1.82) is 0 Å². The van der Waals surface area contributed by atoms with Gasteiger partial charge in [-0.15, -0.1) is 11.8 Å². The van der Waals surface area contributed by atoms with Crippen molar-refractivity contribution in [3.63, 3.8) is 0 Å². The van der Waals surface area contributed by atoms with Gasteiger partial charge in [-0.25, -0.2) is 0 Å². The maximum Gasteiger partial charge on any atom is 0.282 e. The normalized spacial score (nSPS) is 13.4. The summed E-state index contributed by atoms with van der Waals surface area (Å²) in [6.45, 7) is 4.89. The molecule has 0 aliphatic heterocycles. The summed E-state index contributed by atoms with van der Waals surface area (Å²) in [6.07, 6.45) is 2.02. The quantitative estimate of drug-likeness (QED) is 0.799. The highest BCUT2D eigenvalue weighted by Gasteiger charge is 2.22. The number of aryl methyl sites for hydroxylation is 1. The van der Waals surface area contributed by atoms with Crippen LogP contribution in [0.3, 0.4) is 0 Å². The maximum absolute atomic E-state index is 12.5. The summed E-state index contributed by atoms with van der Waals surface area (Å²) in [4.78, 5) is 14.8. The summed E-state index contributed by atoms with van der Waals surface area (Å²) in [5.41, 5.74) is 3.39. The fourth-order valence-corrected chi connectivity index (χ4v) is 2.95. The fourth-order valence-electron chi connectivity index (χ4n) is 2.39. The first-order valence-corrected chi connectivity index (χ1v) is 9.05. The standard InChI is InChI=1S/C19H24N2OS/c1-14-9-11-16(12-10-14)13-21(3)15(2)19(22)20-17-7-5-6-8-18(17)23-4/h5-12,15H,13H2,1-4H3,(H,20,22)/p+1/t15-/m1/s1. The summed E-state index contributed by atoms with van der Waals surface area (Å²) in [5, 5.41) is 3.06. The molecule has 23 heavy (non-hydrogen) atoms. The Balaban J connectivity index is 1.99. The van der Waals surface area contributed by atoms with Crippen molar-refractivity contribution in [1.82, 2.24) is 0 Å². The first-order chi connectivity index (χ1) is 11.0. The molecule has 0 heterocycles. The molecule has 0 aliphatic rings. The number of carbonyl (C=O) groups excluding carboxylic acids is 1. The Morgan fingerprint density at radius 2 is 1.83 bits per heavy atom. The van der Waals surface area contributed by atoms with Crippen LogP contribution in [0.15, 0.2) is 53.4 Å². The first-order valence-electron chi connectivity index (χ1n) is 7.83. The highest BCUT2D eigenvalue weighted by atomic mass is 32.2. The topological polar surface area (TPSA) is 33.5 Å². The predicted molar refractivity (Wildman–Crippen MR) is 98.1 cm³/mol. The minimum absolute atomic E-state index is 0.0520. The number of rotatable bonds is 6. The molecule has 0 aromatic heterocycles. The number of likely N-dealkylation sites (N-methyl/N-ethyl adjacent to an activating group) is 1. The molecule has 2 aromatic carbocycles. The van der Waals surface area contributed by atoms with Crippen molar-refractivity contribution in [2.24, 2.45) is 0 Å². The van der Waals surface area contributed by atoms with Gasteiger partial charge in [0, 0.05) is 10.5 Å². The van der Waals surface area contributed by atoms with Gasteiger partial charge in [-0.05, 0) is 32.2 Å². The van der Waals surface area contributed by atoms with Crippen LogP contribution in [0.25, 0.3) is 0 Å². The number of nitrogens with one attached hydrogen (secondary N) is 2. The van der Waals surface area contributed by atoms with E-state index in [2.05, 4.69) is 43.6 Å². The molecule has 3 nitrogen and oxygen atoms in total. The van der Waals surface area contributed by atoms with Crippen molar-refractivity contribution in [3.05, 3.63) is 59.7 Å². The number of anilines is 1. The van der Waals surface area contributed by atoms with Crippen molar-refractivity contribution >= 4 is 23.4 Å². The molecule has 1 unspecified atom stereocenters. The van der Waals surface area contributed by atoms with Gasteiger partial charge in [0.15, 0.2) is 6.04 Å². The number of thioether (sulfide) groups is 1. The van der Waals surface area contributed by atoms with Crippen LogP contribution >= 0.6 is 11.8 Å². The average Bonchev–Trinajstić information content (AvgIpc) is 2.56. The molecular formula is C19H25N2OS+. The first kappa shape index (κ1) is 17.6. The van der Waals surface area contributed by atoms with E-state index >= 15 is 0 Å². The number of amides is 1. The third kappa shape index (κ3) is 4.85. The SMILES string of the molecule is CSc1ccccc1NC(=O)[C@@H](C)[NH+](C)Cc1ccc(C)cc1. The average molecular weight is 329 g/mol. The van der Waals surface area contributed by atoms with Crippen LogP contribution in [0.5, 0.6) is 0 Å². The van der Waals surface area contributed by atoms with E-state index in [4.69, 9.17) is 0 Å². The lowest BCUT2D eigenvalue weighted by Crippen LogP contribution is -3.12. The third-order valence-electron chi connectivity index (χ3n) is 4.10. The Kier molecular flexibility index (Phi) is 6.25. The predicted octanol–water partition coefficient (Wildman–Crippen LogP) is 2.76. The molecule has 0 saturated carbocycles. The largest absolute Gasteiger partial charge is 0.324 e. The van der Waals surface area contributed by atoms with E-state index < -0.39 is 0 Å². The summed E-state index contributed by atoms with van der Waals surface area (Å²) < 4.78 is 0. The molecule has 2 atom stereocenters. The maximum atomic E-state index is 12.5. The summed E-state index contributed by atoms with van der Waals surface area (Å²) in [7, 11) is 2.06. The van der Waals surface area contributed by atoms with Crippen molar-refractivity contribution in [2.45, 2.75) is 31.3 Å². The highest BCUT2D eigenvalue weighted by molar-refractivity contribution is 7.98. The van der Waals surface area contributed by atoms with Crippen LogP contribution < -0.4 is 10.2 Å². The van der Waals surface area contributed by atoms with E-state index in [-0.39, 0.29) is 11.9 Å². The lowest BCUT2D eigenvalue weighted by Gasteiger charge is -2.21. The van der Waals surface area contributed by atoms with E-state index in [1.54, 1.807) is 11.8 Å². The second kappa shape index (κ2) is 8.18. The molecule has 0 bridgehead atoms. The van der Waals surface area contributed by atoms with Gasteiger partial charge in [0.25, 0.3) is 5.91 Å². The van der Waals surface area contributed by atoms with E-state index in [0.29, 0.717) is 0 Å². The van der Waals surface area contributed by atoms with Crippen LogP contribution in [0.4, 0.5) is 5.69 Å². The summed E-state index contributed by atoms with van der Waals surface area (Å²) in [6, 6.07) is 16.3. The van der Waals surface area contributed by atoms with Gasteiger partial charge in [-0.2, -0.15) is 0 Å². The van der Waals surface area contributed by atoms with Crippen LogP contribution in [0.2, 0.25) is 0 Å². The minimum Gasteiger partial charge on any atom is -0.324 e. The molecule has 2 N–H and O–H groups in total. The Hall–Kier alpha value is -1.78. The van der Waals surface area contributed by atoms with Gasteiger partial charge >= 0.3 is 0 Å². The number of carbonyl (C=O) groups is 1. The molecule has 2 rings (SSSR count). The Morgan fingerprint density at radius 1 is 1.17 bits per heavy atom. The molecule has 1 amide bonds. The van der Waals surface area contributed by atoms with E-state index in [0.717, 1.165) is 17.1 Å². The Bertz CT molecular complexity index is 655. The number of hydrogen-bond donors (Lipinski definition) is 2. The lowest BCUT2D eigenvalue weighted by atomic mass is 10.1. The molecule has 0 spiro atoms. The molecule has 0 saturated heterocycles. The molecule has 2 aromatic rings. The number of para-hydroxylation sites is 1. The van der Waals surface area contributed by atoms with Gasteiger partial charge < -0.3 is 10.2 Å². The fraction of sp³-hybridized carbons (Fsp3) is 0.316. The lowest BCUT2D eigenvalue weighted by molar-refractivity contribution is -0.907. The van der Waals surface area contributed by atoms with Crippen LogP contribution in [0, 0.1) is 6.92 Å². The minimum atomic E-state index is -0.119. The Labute approximate surface area is 143 Å². The van der Waals surface area contributed by atoms with Gasteiger partial charge in [0.05, 0.1) is 12.7 Å². The summed E-state index contributed by atoms with van der Waals surface area (Å²) in [5.74, 6) is 0.0520. The summed E-state index contributed by atoms with van der Waals surface area (Å²) >= 11 is 1.64. The molecular weight excluding hydrogens is 304 g/mol. The monoisotopic (exact) mass is 329 g/mol. The van der Waals surface area contributed by atoms with Gasteiger partial charge in [0.1, 0.15) is 6.54 Å². The molecule has 4 heteroatoms. The van der Waals surface area contributed by atoms with Crippen LogP contribution in [-0.4, -0.2) is 25.3 Å². The molecule has 0 radical (unpaired) electrons. The molecule has 122 valence electrons. The van der Waals surface area contributed by atoms with Crippen molar-refractivity contribution in [2.75, 3.05) is 18.6 Å². The zero-order valence-electron chi connectivity index (χ0n) is 14.2. The number of benzene rings is 2. The van der Waals surface area contributed by atoms with Gasteiger partial charge in [-0.1, -0.05) is 42.0 Å². The molecule has 0 aliphatic carbocycles. The second-order valence-electron chi connectivity index (χ2n) is 5.92. The van der Waals surface area contributed by atoms with Gasteiger partial charge in [-0.3, -0.25) is 4.79 Å². The zero-order valence-corrected chi connectivity index (χ0v) is 15.0. The van der Waals surface area contributed by atoms with E-state index in [1.165, 1.54) is 16.0 Å².